The Kier molecular flexibility index (Phi) is 4.80. The van der Waals surface area contributed by atoms with E-state index in [1.54, 1.807) is 12.4 Å². The third-order valence-corrected chi connectivity index (χ3v) is 5.26. The molecule has 4 heterocycles. The Hall–Kier alpha value is -4.20. The summed E-state index contributed by atoms with van der Waals surface area (Å²) in [7, 11) is 0. The standard InChI is InChI=1S/C23H21N7O/c24-23-19-14-30(10-9-26-22(31)12-16-3-1-2-7-25-16)13-18(19)17-5-4-15(11-21(17)28-23)20-6-8-27-29-20/h1-8,11,13-14H,9-10,12H2,(H2,24,28)(H,26,31)(H,27,29). The fraction of sp³-hybridized carbons (Fsp3) is 0.130. The summed E-state index contributed by atoms with van der Waals surface area (Å²) in [5.74, 6) is 0.440. The van der Waals surface area contributed by atoms with E-state index in [1.165, 1.54) is 0 Å². The van der Waals surface area contributed by atoms with Gasteiger partial charge in [-0.25, -0.2) is 4.98 Å². The molecule has 154 valence electrons. The first-order valence-corrected chi connectivity index (χ1v) is 10.0. The van der Waals surface area contributed by atoms with Crippen molar-refractivity contribution in [1.82, 2.24) is 30.0 Å². The highest BCUT2D eigenvalue weighted by Gasteiger charge is 2.11. The number of benzene rings is 1. The number of pyridine rings is 2. The van der Waals surface area contributed by atoms with Crippen LogP contribution >= 0.6 is 0 Å². The van der Waals surface area contributed by atoms with Gasteiger partial charge < -0.3 is 15.6 Å². The zero-order valence-corrected chi connectivity index (χ0v) is 16.7. The molecule has 1 aromatic carbocycles. The fourth-order valence-electron chi connectivity index (χ4n) is 3.74. The van der Waals surface area contributed by atoms with Gasteiger partial charge in [-0.3, -0.25) is 14.9 Å². The Morgan fingerprint density at radius 1 is 1.06 bits per heavy atom. The molecule has 0 saturated carbocycles. The van der Waals surface area contributed by atoms with Crippen LogP contribution in [0.25, 0.3) is 32.9 Å². The Bertz CT molecular complexity index is 1360. The minimum Gasteiger partial charge on any atom is -0.383 e. The summed E-state index contributed by atoms with van der Waals surface area (Å²) in [6.45, 7) is 1.15. The molecular formula is C23H21N7O. The first-order chi connectivity index (χ1) is 15.2. The van der Waals surface area contributed by atoms with Crippen molar-refractivity contribution in [2.45, 2.75) is 13.0 Å². The maximum atomic E-state index is 12.1. The lowest BCUT2D eigenvalue weighted by Crippen LogP contribution is -2.28. The maximum Gasteiger partial charge on any atom is 0.226 e. The lowest BCUT2D eigenvalue weighted by atomic mass is 10.1. The number of anilines is 1. The third-order valence-electron chi connectivity index (χ3n) is 5.26. The van der Waals surface area contributed by atoms with Crippen molar-refractivity contribution in [2.75, 3.05) is 12.3 Å². The van der Waals surface area contributed by atoms with Crippen LogP contribution in [0.3, 0.4) is 0 Å². The Balaban J connectivity index is 1.34. The Labute approximate surface area is 178 Å². The second kappa shape index (κ2) is 7.91. The lowest BCUT2D eigenvalue weighted by molar-refractivity contribution is -0.120. The molecule has 0 saturated heterocycles. The number of amides is 1. The smallest absolute Gasteiger partial charge is 0.226 e. The van der Waals surface area contributed by atoms with E-state index in [1.807, 2.05) is 47.2 Å². The van der Waals surface area contributed by atoms with Crippen LogP contribution in [-0.4, -0.2) is 37.2 Å². The van der Waals surface area contributed by atoms with E-state index in [0.29, 0.717) is 18.9 Å². The summed E-state index contributed by atoms with van der Waals surface area (Å²) in [5, 5.41) is 12.9. The monoisotopic (exact) mass is 411 g/mol. The first-order valence-electron chi connectivity index (χ1n) is 10.0. The van der Waals surface area contributed by atoms with Crippen molar-refractivity contribution in [1.29, 1.82) is 0 Å². The number of carbonyl (C=O) groups excluding carboxylic acids is 1. The second-order valence-electron chi connectivity index (χ2n) is 7.37. The van der Waals surface area contributed by atoms with Crippen LogP contribution < -0.4 is 11.1 Å². The van der Waals surface area contributed by atoms with Gasteiger partial charge in [-0.2, -0.15) is 5.10 Å². The number of carbonyl (C=O) groups is 1. The van der Waals surface area contributed by atoms with Crippen molar-refractivity contribution in [2.24, 2.45) is 0 Å². The first kappa shape index (κ1) is 18.8. The molecule has 31 heavy (non-hydrogen) atoms. The van der Waals surface area contributed by atoms with Crippen LogP contribution in [0.4, 0.5) is 5.82 Å². The van der Waals surface area contributed by atoms with Gasteiger partial charge in [0.2, 0.25) is 5.91 Å². The van der Waals surface area contributed by atoms with E-state index in [0.717, 1.165) is 38.6 Å². The molecule has 0 aliphatic heterocycles. The quantitative estimate of drug-likeness (QED) is 0.397. The van der Waals surface area contributed by atoms with Gasteiger partial charge in [-0.1, -0.05) is 18.2 Å². The second-order valence-corrected chi connectivity index (χ2v) is 7.37. The van der Waals surface area contributed by atoms with Gasteiger partial charge in [-0.15, -0.1) is 0 Å². The van der Waals surface area contributed by atoms with Crippen molar-refractivity contribution < 1.29 is 4.79 Å². The molecule has 0 aliphatic carbocycles. The van der Waals surface area contributed by atoms with Crippen molar-refractivity contribution >= 4 is 33.4 Å². The summed E-state index contributed by atoms with van der Waals surface area (Å²) in [5.41, 5.74) is 9.77. The number of aromatic amines is 1. The Morgan fingerprint density at radius 3 is 2.77 bits per heavy atom. The van der Waals surface area contributed by atoms with Gasteiger partial charge in [0.15, 0.2) is 0 Å². The van der Waals surface area contributed by atoms with E-state index in [2.05, 4.69) is 37.7 Å². The van der Waals surface area contributed by atoms with Crippen LogP contribution in [0.5, 0.6) is 0 Å². The number of rotatable bonds is 6. The number of hydrogen-bond donors (Lipinski definition) is 3. The molecule has 5 aromatic rings. The Morgan fingerprint density at radius 2 is 1.97 bits per heavy atom. The van der Waals surface area contributed by atoms with Crippen LogP contribution in [0.1, 0.15) is 5.69 Å². The highest BCUT2D eigenvalue weighted by Crippen LogP contribution is 2.31. The molecule has 0 radical (unpaired) electrons. The summed E-state index contributed by atoms with van der Waals surface area (Å²) < 4.78 is 2.03. The average molecular weight is 411 g/mol. The van der Waals surface area contributed by atoms with Gasteiger partial charge in [0.1, 0.15) is 5.82 Å². The zero-order valence-electron chi connectivity index (χ0n) is 16.7. The molecule has 8 nitrogen and oxygen atoms in total. The molecule has 4 aromatic heterocycles. The molecule has 4 N–H and O–H groups in total. The highest BCUT2D eigenvalue weighted by atomic mass is 16.1. The number of H-pyrrole nitrogens is 1. The normalized spacial score (nSPS) is 11.2. The number of hydrogen-bond acceptors (Lipinski definition) is 5. The highest BCUT2D eigenvalue weighted by molar-refractivity contribution is 6.10. The van der Waals surface area contributed by atoms with E-state index in [-0.39, 0.29) is 12.3 Å². The number of aromatic nitrogens is 5. The van der Waals surface area contributed by atoms with Crippen LogP contribution in [0, 0.1) is 0 Å². The minimum absolute atomic E-state index is 0.0478. The molecule has 1 amide bonds. The summed E-state index contributed by atoms with van der Waals surface area (Å²) in [6, 6.07) is 13.6. The van der Waals surface area contributed by atoms with Gasteiger partial charge in [0, 0.05) is 65.3 Å². The lowest BCUT2D eigenvalue weighted by Gasteiger charge is -2.06. The number of nitrogens with two attached hydrogens (primary N) is 1. The molecule has 0 fully saturated rings. The van der Waals surface area contributed by atoms with Gasteiger partial charge in [0.25, 0.3) is 0 Å². The number of nitrogens with one attached hydrogen (secondary N) is 2. The number of nitrogens with zero attached hydrogens (tertiary/aromatic N) is 4. The van der Waals surface area contributed by atoms with E-state index in [9.17, 15) is 4.79 Å². The van der Waals surface area contributed by atoms with E-state index >= 15 is 0 Å². The van der Waals surface area contributed by atoms with Crippen molar-refractivity contribution in [3.05, 3.63) is 72.9 Å². The largest absolute Gasteiger partial charge is 0.383 e. The molecule has 8 heteroatoms. The number of nitrogen functional groups attached to an aromatic ring is 1. The molecule has 0 bridgehead atoms. The summed E-state index contributed by atoms with van der Waals surface area (Å²) in [6.07, 6.45) is 7.71. The molecule has 5 rings (SSSR count). The van der Waals surface area contributed by atoms with Gasteiger partial charge in [0.05, 0.1) is 17.6 Å². The summed E-state index contributed by atoms with van der Waals surface area (Å²) >= 11 is 0. The predicted octanol–water partition coefficient (Wildman–Crippen LogP) is 2.92. The minimum atomic E-state index is -0.0478. The van der Waals surface area contributed by atoms with Crippen molar-refractivity contribution in [3.63, 3.8) is 0 Å². The third kappa shape index (κ3) is 3.83. The predicted molar refractivity (Wildman–Crippen MR) is 120 cm³/mol. The average Bonchev–Trinajstić information content (AvgIpc) is 3.45. The van der Waals surface area contributed by atoms with E-state index < -0.39 is 0 Å². The van der Waals surface area contributed by atoms with Crippen LogP contribution in [-0.2, 0) is 17.8 Å². The molecule has 0 aliphatic rings. The molecule has 0 atom stereocenters. The molecular weight excluding hydrogens is 390 g/mol. The fourth-order valence-corrected chi connectivity index (χ4v) is 3.74. The van der Waals surface area contributed by atoms with E-state index in [4.69, 9.17) is 5.73 Å². The topological polar surface area (TPSA) is 115 Å². The van der Waals surface area contributed by atoms with Gasteiger partial charge >= 0.3 is 0 Å². The maximum absolute atomic E-state index is 12.1. The van der Waals surface area contributed by atoms with Gasteiger partial charge in [-0.05, 0) is 24.3 Å². The van der Waals surface area contributed by atoms with Crippen LogP contribution in [0.15, 0.2) is 67.3 Å². The SMILES string of the molecule is Nc1nc2cc(-c3ccn[nH]3)ccc2c2cn(CCNC(=O)Cc3ccccn3)cc12. The molecule has 0 spiro atoms. The van der Waals surface area contributed by atoms with Crippen LogP contribution in [0.2, 0.25) is 0 Å². The number of fused-ring (bicyclic) bond motifs is 3. The summed E-state index contributed by atoms with van der Waals surface area (Å²) in [4.78, 5) is 20.9. The zero-order chi connectivity index (χ0) is 21.2. The van der Waals surface area contributed by atoms with Crippen molar-refractivity contribution in [3.8, 4) is 11.3 Å². The molecule has 0 unspecified atom stereocenters.